The van der Waals surface area contributed by atoms with Crippen LogP contribution in [-0.4, -0.2) is 62.9 Å². The van der Waals surface area contributed by atoms with Gasteiger partial charge in [0.2, 0.25) is 0 Å². The molecule has 0 bridgehead atoms. The molecule has 7 nitrogen and oxygen atoms in total. The molecule has 41 heavy (non-hydrogen) atoms. The second-order valence-corrected chi connectivity index (χ2v) is 12.7. The summed E-state index contributed by atoms with van der Waals surface area (Å²) in [7, 11) is 2.09. The first-order valence-electron chi connectivity index (χ1n) is 14.0. The van der Waals surface area contributed by atoms with E-state index in [2.05, 4.69) is 34.8 Å². The molecule has 5 heterocycles. The second-order valence-electron chi connectivity index (χ2n) is 11.3. The minimum atomic E-state index is -0.858. The van der Waals surface area contributed by atoms with E-state index in [9.17, 15) is 9.90 Å². The predicted molar refractivity (Wildman–Crippen MR) is 164 cm³/mol. The maximum absolute atomic E-state index is 11.8. The molecule has 7 rings (SSSR count). The summed E-state index contributed by atoms with van der Waals surface area (Å²) < 4.78 is 8.56. The lowest BCUT2D eigenvalue weighted by Gasteiger charge is -2.41. The largest absolute Gasteiger partial charge is 0.481 e. The second kappa shape index (κ2) is 10.5. The van der Waals surface area contributed by atoms with Gasteiger partial charge in [0, 0.05) is 23.8 Å². The number of aliphatic carboxylic acids is 1. The molecule has 3 aromatic heterocycles. The fraction of sp³-hybridized carbons (Fsp3) is 0.344. The van der Waals surface area contributed by atoms with E-state index in [1.807, 2.05) is 37.3 Å². The average Bonchev–Trinajstić information content (AvgIpc) is 3.49. The number of hydrogen-bond acceptors (Lipinski definition) is 6. The van der Waals surface area contributed by atoms with E-state index >= 15 is 0 Å². The Hall–Kier alpha value is -3.30. The van der Waals surface area contributed by atoms with Crippen LogP contribution in [0.4, 0.5) is 0 Å². The van der Waals surface area contributed by atoms with Gasteiger partial charge in [-0.05, 0) is 91.4 Å². The predicted octanol–water partition coefficient (Wildman–Crippen LogP) is 6.68. The maximum Gasteiger partial charge on any atom is 0.307 e. The minimum Gasteiger partial charge on any atom is -0.481 e. The van der Waals surface area contributed by atoms with Gasteiger partial charge in [-0.15, -0.1) is 11.3 Å². The van der Waals surface area contributed by atoms with Gasteiger partial charge in [-0.2, -0.15) is 0 Å². The van der Waals surface area contributed by atoms with Crippen LogP contribution in [0.15, 0.2) is 48.7 Å². The number of carbonyl (C=O) groups is 1. The van der Waals surface area contributed by atoms with Crippen molar-refractivity contribution in [1.82, 2.24) is 19.4 Å². The lowest BCUT2D eigenvalue weighted by atomic mass is 9.89. The molecule has 0 unspecified atom stereocenters. The molecule has 0 radical (unpaired) electrons. The number of nitrogens with zero attached hydrogens (tertiary/aromatic N) is 4. The maximum atomic E-state index is 11.8. The van der Waals surface area contributed by atoms with Crippen LogP contribution in [0.1, 0.15) is 35.4 Å². The van der Waals surface area contributed by atoms with Gasteiger partial charge < -0.3 is 14.4 Å². The van der Waals surface area contributed by atoms with Crippen LogP contribution in [0.2, 0.25) is 5.02 Å². The number of piperidine rings is 1. The summed E-state index contributed by atoms with van der Waals surface area (Å²) >= 11 is 7.75. The first-order valence-corrected chi connectivity index (χ1v) is 15.2. The summed E-state index contributed by atoms with van der Waals surface area (Å²) in [5.74, 6) is -0.380. The monoisotopic (exact) mass is 586 g/mol. The molecular formula is C32H31ClN4O3S. The van der Waals surface area contributed by atoms with Crippen LogP contribution in [-0.2, 0) is 23.0 Å². The van der Waals surface area contributed by atoms with E-state index < -0.39 is 5.97 Å². The van der Waals surface area contributed by atoms with E-state index in [-0.39, 0.29) is 6.42 Å². The van der Waals surface area contributed by atoms with Gasteiger partial charge in [0.05, 0.1) is 52.6 Å². The summed E-state index contributed by atoms with van der Waals surface area (Å²) in [6, 6.07) is 14.4. The zero-order valence-electron chi connectivity index (χ0n) is 23.1. The molecular weight excluding hydrogens is 556 g/mol. The number of thiazole rings is 1. The number of rotatable bonds is 6. The van der Waals surface area contributed by atoms with Crippen molar-refractivity contribution >= 4 is 50.2 Å². The molecule has 0 aliphatic carbocycles. The van der Waals surface area contributed by atoms with Gasteiger partial charge in [0.1, 0.15) is 5.01 Å². The summed E-state index contributed by atoms with van der Waals surface area (Å²) in [4.78, 5) is 24.6. The normalized spacial score (nSPS) is 17.0. The summed E-state index contributed by atoms with van der Waals surface area (Å²) in [5.41, 5.74) is 8.74. The Balaban J connectivity index is 1.30. The zero-order valence-corrected chi connectivity index (χ0v) is 24.6. The van der Waals surface area contributed by atoms with Gasteiger partial charge in [0.15, 0.2) is 0 Å². The Morgan fingerprint density at radius 2 is 1.88 bits per heavy atom. The van der Waals surface area contributed by atoms with Gasteiger partial charge in [-0.25, -0.2) is 9.97 Å². The highest BCUT2D eigenvalue weighted by Crippen LogP contribution is 2.42. The number of pyridine rings is 1. The van der Waals surface area contributed by atoms with Crippen molar-refractivity contribution in [3.05, 3.63) is 70.4 Å². The molecule has 2 aliphatic rings. The van der Waals surface area contributed by atoms with Crippen LogP contribution < -0.4 is 0 Å². The topological polar surface area (TPSA) is 80.5 Å². The molecule has 0 atom stereocenters. The molecule has 0 amide bonds. The molecule has 0 spiro atoms. The highest BCUT2D eigenvalue weighted by Gasteiger charge is 2.31. The Morgan fingerprint density at radius 1 is 1.12 bits per heavy atom. The van der Waals surface area contributed by atoms with Crippen LogP contribution in [0.5, 0.6) is 0 Å². The first kappa shape index (κ1) is 26.6. The fourth-order valence-electron chi connectivity index (χ4n) is 6.36. The standard InChI is InChI=1S/C32H31ClN4O3S/c1-18-13-26-31(29(23(18)14-28(38)39)20-3-5-21(33)6-4-20)41-32(35-26)25-7-8-27-30(34-25)24(15-36(27)2)19-9-11-37(12-10-19)22-16-40-17-22/h3-8,13,15,19,22H,9-12,14,16-17H2,1-2H3,(H,38,39). The molecule has 2 aliphatic heterocycles. The van der Waals surface area contributed by atoms with E-state index in [1.165, 1.54) is 5.56 Å². The Labute approximate surface area is 247 Å². The van der Waals surface area contributed by atoms with Gasteiger partial charge in [-0.3, -0.25) is 9.69 Å². The molecule has 1 N–H and O–H groups in total. The number of halogens is 1. The van der Waals surface area contributed by atoms with Gasteiger partial charge >= 0.3 is 5.97 Å². The Bertz CT molecular complexity index is 1780. The summed E-state index contributed by atoms with van der Waals surface area (Å²) in [5, 5.41) is 11.2. The number of benzene rings is 2. The zero-order chi connectivity index (χ0) is 28.2. The minimum absolute atomic E-state index is 0.0584. The third-order valence-corrected chi connectivity index (χ3v) is 10.0. The van der Waals surface area contributed by atoms with Crippen LogP contribution in [0.25, 0.3) is 43.1 Å². The smallest absolute Gasteiger partial charge is 0.307 e. The number of aromatic nitrogens is 3. The molecule has 2 fully saturated rings. The highest BCUT2D eigenvalue weighted by molar-refractivity contribution is 7.22. The number of carboxylic acids is 1. The SMILES string of the molecule is Cc1cc2nc(-c3ccc4c(n3)c(C3CCN(C5COC5)CC3)cn4C)sc2c(-c2ccc(Cl)cc2)c1CC(=O)O. The molecule has 2 aromatic carbocycles. The number of likely N-dealkylation sites (tertiary alicyclic amines) is 1. The average molecular weight is 587 g/mol. The van der Waals surface area contributed by atoms with E-state index in [0.717, 1.165) is 93.4 Å². The quantitative estimate of drug-likeness (QED) is 0.239. The van der Waals surface area contributed by atoms with Crippen LogP contribution >= 0.6 is 22.9 Å². The van der Waals surface area contributed by atoms with Crippen LogP contribution in [0, 0.1) is 6.92 Å². The highest BCUT2D eigenvalue weighted by atomic mass is 35.5. The Morgan fingerprint density at radius 3 is 2.56 bits per heavy atom. The van der Waals surface area contributed by atoms with E-state index in [0.29, 0.717) is 17.0 Å². The summed E-state index contributed by atoms with van der Waals surface area (Å²) in [6.45, 7) is 5.88. The fourth-order valence-corrected chi connectivity index (χ4v) is 7.60. The van der Waals surface area contributed by atoms with E-state index in [1.54, 1.807) is 11.3 Å². The lowest BCUT2D eigenvalue weighted by molar-refractivity contribution is -0.136. The van der Waals surface area contributed by atoms with E-state index in [4.69, 9.17) is 26.3 Å². The van der Waals surface area contributed by atoms with Gasteiger partial charge in [0.25, 0.3) is 0 Å². The Kier molecular flexibility index (Phi) is 6.82. The third kappa shape index (κ3) is 4.83. The van der Waals surface area contributed by atoms with Crippen molar-refractivity contribution in [2.75, 3.05) is 26.3 Å². The third-order valence-electron chi connectivity index (χ3n) is 8.66. The van der Waals surface area contributed by atoms with Crippen LogP contribution in [0.3, 0.4) is 0 Å². The van der Waals surface area contributed by atoms with Gasteiger partial charge in [-0.1, -0.05) is 23.7 Å². The molecule has 9 heteroatoms. The van der Waals surface area contributed by atoms with Crippen molar-refractivity contribution in [2.45, 2.75) is 38.1 Å². The number of carboxylic acid groups (broad SMARTS) is 1. The lowest BCUT2D eigenvalue weighted by Crippen LogP contribution is -2.51. The van der Waals surface area contributed by atoms with Crippen molar-refractivity contribution in [3.63, 3.8) is 0 Å². The van der Waals surface area contributed by atoms with Crippen molar-refractivity contribution in [1.29, 1.82) is 0 Å². The number of hydrogen-bond donors (Lipinski definition) is 1. The molecule has 0 saturated carbocycles. The van der Waals surface area contributed by atoms with Crippen molar-refractivity contribution in [3.8, 4) is 21.8 Å². The number of fused-ring (bicyclic) bond motifs is 2. The number of ether oxygens (including phenoxy) is 1. The molecule has 5 aromatic rings. The first-order chi connectivity index (χ1) is 19.9. The van der Waals surface area contributed by atoms with Crippen molar-refractivity contribution in [2.24, 2.45) is 7.05 Å². The van der Waals surface area contributed by atoms with Crippen molar-refractivity contribution < 1.29 is 14.6 Å². The summed E-state index contributed by atoms with van der Waals surface area (Å²) in [6.07, 6.45) is 4.45. The molecule has 2 saturated heterocycles. The molecule has 210 valence electrons. The number of aryl methyl sites for hydroxylation is 2.